The molecule has 16 heavy (non-hydrogen) atoms. The van der Waals surface area contributed by atoms with Crippen molar-refractivity contribution >= 4 is 21.8 Å². The van der Waals surface area contributed by atoms with E-state index in [0.717, 1.165) is 4.47 Å². The number of carbonyl (C=O) groups is 1. The molecular formula is C11H15BrN2O2. The monoisotopic (exact) mass is 286 g/mol. The fourth-order valence-electron chi connectivity index (χ4n) is 1.12. The lowest BCUT2D eigenvalue weighted by atomic mass is 10.2. The number of halogens is 1. The number of nitrogens with one attached hydrogen (secondary N) is 1. The summed E-state index contributed by atoms with van der Waals surface area (Å²) in [7, 11) is 0. The van der Waals surface area contributed by atoms with Crippen LogP contribution in [0.3, 0.4) is 0 Å². The Balaban J connectivity index is 2.85. The van der Waals surface area contributed by atoms with Gasteiger partial charge in [-0.15, -0.1) is 0 Å². The molecule has 0 spiro atoms. The summed E-state index contributed by atoms with van der Waals surface area (Å²) in [5.74, 6) is 5.82. The van der Waals surface area contributed by atoms with E-state index in [2.05, 4.69) is 35.2 Å². The molecule has 0 unspecified atom stereocenters. The lowest BCUT2D eigenvalue weighted by Gasteiger charge is -2.10. The Bertz CT molecular complexity index is 380. The van der Waals surface area contributed by atoms with Gasteiger partial charge in [0.2, 0.25) is 0 Å². The number of nitrogens with two attached hydrogens (primary N) is 1. The van der Waals surface area contributed by atoms with E-state index < -0.39 is 0 Å². The molecule has 0 heterocycles. The van der Waals surface area contributed by atoms with E-state index in [0.29, 0.717) is 23.8 Å². The quantitative estimate of drug-likeness (QED) is 0.506. The van der Waals surface area contributed by atoms with Gasteiger partial charge in [0.1, 0.15) is 5.75 Å². The number of hydrogen-bond donors (Lipinski definition) is 2. The van der Waals surface area contributed by atoms with E-state index in [-0.39, 0.29) is 5.91 Å². The van der Waals surface area contributed by atoms with Gasteiger partial charge < -0.3 is 4.74 Å². The van der Waals surface area contributed by atoms with Crippen LogP contribution in [0.4, 0.5) is 0 Å². The van der Waals surface area contributed by atoms with Gasteiger partial charge >= 0.3 is 0 Å². The molecule has 1 rings (SSSR count). The Hall–Kier alpha value is -1.07. The molecular weight excluding hydrogens is 272 g/mol. The Kier molecular flexibility index (Phi) is 4.76. The van der Waals surface area contributed by atoms with Crippen LogP contribution in [0.15, 0.2) is 22.7 Å². The molecule has 1 aromatic rings. The second kappa shape index (κ2) is 5.86. The van der Waals surface area contributed by atoms with Crippen LogP contribution in [0.5, 0.6) is 5.75 Å². The molecule has 5 heteroatoms. The minimum Gasteiger partial charge on any atom is -0.493 e. The van der Waals surface area contributed by atoms with Crippen molar-refractivity contribution in [2.75, 3.05) is 6.61 Å². The number of hydrazine groups is 1. The van der Waals surface area contributed by atoms with Crippen molar-refractivity contribution in [1.29, 1.82) is 0 Å². The van der Waals surface area contributed by atoms with Crippen LogP contribution in [0.2, 0.25) is 0 Å². The highest BCUT2D eigenvalue weighted by atomic mass is 79.9. The summed E-state index contributed by atoms with van der Waals surface area (Å²) >= 11 is 3.32. The van der Waals surface area contributed by atoms with Crippen molar-refractivity contribution in [3.63, 3.8) is 0 Å². The van der Waals surface area contributed by atoms with Crippen LogP contribution in [0.25, 0.3) is 0 Å². The summed E-state index contributed by atoms with van der Waals surface area (Å²) in [6.45, 7) is 4.73. The van der Waals surface area contributed by atoms with E-state index in [4.69, 9.17) is 10.6 Å². The summed E-state index contributed by atoms with van der Waals surface area (Å²) in [5.41, 5.74) is 2.55. The average molecular weight is 287 g/mol. The molecule has 4 nitrogen and oxygen atoms in total. The zero-order chi connectivity index (χ0) is 12.1. The van der Waals surface area contributed by atoms with E-state index in [1.54, 1.807) is 12.1 Å². The van der Waals surface area contributed by atoms with Crippen molar-refractivity contribution in [3.05, 3.63) is 28.2 Å². The van der Waals surface area contributed by atoms with E-state index in [1.807, 2.05) is 6.07 Å². The largest absolute Gasteiger partial charge is 0.493 e. The molecule has 0 aromatic heterocycles. The van der Waals surface area contributed by atoms with Gasteiger partial charge in [-0.2, -0.15) is 0 Å². The van der Waals surface area contributed by atoms with Gasteiger partial charge in [-0.1, -0.05) is 29.8 Å². The smallest absolute Gasteiger partial charge is 0.265 e. The summed E-state index contributed by atoms with van der Waals surface area (Å²) < 4.78 is 6.32. The normalized spacial score (nSPS) is 10.3. The third-order valence-corrected chi connectivity index (χ3v) is 2.31. The fourth-order valence-corrected chi connectivity index (χ4v) is 1.60. The van der Waals surface area contributed by atoms with Crippen molar-refractivity contribution in [3.8, 4) is 5.75 Å². The highest BCUT2D eigenvalue weighted by Gasteiger charge is 2.07. The molecule has 0 saturated carbocycles. The maximum Gasteiger partial charge on any atom is 0.265 e. The topological polar surface area (TPSA) is 64.3 Å². The van der Waals surface area contributed by atoms with Gasteiger partial charge in [0.25, 0.3) is 5.91 Å². The molecule has 1 aromatic carbocycles. The molecule has 0 aliphatic rings. The second-order valence-electron chi connectivity index (χ2n) is 3.85. The van der Waals surface area contributed by atoms with Gasteiger partial charge in [0.05, 0.1) is 6.61 Å². The zero-order valence-corrected chi connectivity index (χ0v) is 10.9. The van der Waals surface area contributed by atoms with Crippen molar-refractivity contribution < 1.29 is 9.53 Å². The number of ether oxygens (including phenoxy) is 1. The van der Waals surface area contributed by atoms with Crippen molar-refractivity contribution in [2.24, 2.45) is 11.8 Å². The minimum absolute atomic E-state index is 0.337. The molecule has 0 atom stereocenters. The first-order valence-electron chi connectivity index (χ1n) is 4.97. The molecule has 0 aliphatic heterocycles. The summed E-state index contributed by atoms with van der Waals surface area (Å²) in [5, 5.41) is 0. The maximum absolute atomic E-state index is 11.3. The maximum atomic E-state index is 11.3. The van der Waals surface area contributed by atoms with Gasteiger partial charge in [-0.05, 0) is 24.1 Å². The molecule has 88 valence electrons. The van der Waals surface area contributed by atoms with Crippen LogP contribution < -0.4 is 16.0 Å². The lowest BCUT2D eigenvalue weighted by molar-refractivity contribution is 0.0953. The predicted octanol–water partition coefficient (Wildman–Crippen LogP) is 2.09. The highest BCUT2D eigenvalue weighted by molar-refractivity contribution is 9.10. The minimum atomic E-state index is -0.337. The fraction of sp³-hybridized carbons (Fsp3) is 0.364. The molecule has 1 amide bonds. The number of rotatable bonds is 4. The third-order valence-electron chi connectivity index (χ3n) is 1.85. The number of carbonyl (C=O) groups excluding carboxylic acids is 1. The van der Waals surface area contributed by atoms with Crippen molar-refractivity contribution in [1.82, 2.24) is 5.43 Å². The summed E-state index contributed by atoms with van der Waals surface area (Å²) in [6, 6.07) is 5.16. The van der Waals surface area contributed by atoms with E-state index >= 15 is 0 Å². The molecule has 3 N–H and O–H groups in total. The summed E-state index contributed by atoms with van der Waals surface area (Å²) in [4.78, 5) is 11.3. The molecule has 0 saturated heterocycles. The SMILES string of the molecule is CC(C)COc1cc(Br)cc(C(=O)NN)c1. The first kappa shape index (κ1) is 13.0. The van der Waals surface area contributed by atoms with Crippen LogP contribution in [-0.4, -0.2) is 12.5 Å². The van der Waals surface area contributed by atoms with Crippen molar-refractivity contribution in [2.45, 2.75) is 13.8 Å². The molecule has 0 radical (unpaired) electrons. The third kappa shape index (κ3) is 3.83. The zero-order valence-electron chi connectivity index (χ0n) is 9.29. The Morgan fingerprint density at radius 2 is 2.19 bits per heavy atom. The highest BCUT2D eigenvalue weighted by Crippen LogP contribution is 2.22. The number of benzene rings is 1. The van der Waals surface area contributed by atoms with Gasteiger partial charge in [-0.3, -0.25) is 10.2 Å². The van der Waals surface area contributed by atoms with E-state index in [1.165, 1.54) is 0 Å². The van der Waals surface area contributed by atoms with Crippen LogP contribution >= 0.6 is 15.9 Å². The van der Waals surface area contributed by atoms with Crippen LogP contribution in [0.1, 0.15) is 24.2 Å². The number of hydrogen-bond acceptors (Lipinski definition) is 3. The molecule has 0 aliphatic carbocycles. The number of amides is 1. The first-order chi connectivity index (χ1) is 7.52. The lowest BCUT2D eigenvalue weighted by Crippen LogP contribution is -2.29. The summed E-state index contributed by atoms with van der Waals surface area (Å²) in [6.07, 6.45) is 0. The number of nitrogen functional groups attached to an aromatic ring is 1. The standard InChI is InChI=1S/C11H15BrN2O2/c1-7(2)6-16-10-4-8(11(15)14-13)3-9(12)5-10/h3-5,7H,6,13H2,1-2H3,(H,14,15). The first-order valence-corrected chi connectivity index (χ1v) is 5.76. The van der Waals surface area contributed by atoms with Gasteiger partial charge in [0.15, 0.2) is 0 Å². The van der Waals surface area contributed by atoms with E-state index in [9.17, 15) is 4.79 Å². The van der Waals surface area contributed by atoms with Crippen LogP contribution in [-0.2, 0) is 0 Å². The van der Waals surface area contributed by atoms with Crippen LogP contribution in [0, 0.1) is 5.92 Å². The Labute approximate surface area is 103 Å². The average Bonchev–Trinajstić information content (AvgIpc) is 2.24. The van der Waals surface area contributed by atoms with Gasteiger partial charge in [-0.25, -0.2) is 5.84 Å². The molecule has 0 bridgehead atoms. The Morgan fingerprint density at radius 1 is 1.50 bits per heavy atom. The second-order valence-corrected chi connectivity index (χ2v) is 4.77. The van der Waals surface area contributed by atoms with Gasteiger partial charge in [0, 0.05) is 10.0 Å². The predicted molar refractivity (Wildman–Crippen MR) is 66.1 cm³/mol. The Morgan fingerprint density at radius 3 is 2.75 bits per heavy atom. The molecule has 0 fully saturated rings.